The third-order valence-corrected chi connectivity index (χ3v) is 4.86. The molecule has 0 bridgehead atoms. The topological polar surface area (TPSA) is 66.4 Å². The van der Waals surface area contributed by atoms with E-state index < -0.39 is 10.0 Å². The summed E-state index contributed by atoms with van der Waals surface area (Å²) in [5.74, 6) is 0.0270. The summed E-state index contributed by atoms with van der Waals surface area (Å²) in [6, 6.07) is 11.3. The zero-order valence-electron chi connectivity index (χ0n) is 10.8. The van der Waals surface area contributed by atoms with E-state index in [4.69, 9.17) is 0 Å². The molecule has 2 aromatic rings. The first-order chi connectivity index (χ1) is 9.54. The number of sulfonamides is 1. The minimum absolute atomic E-state index is 0.0270. The molecule has 5 heteroatoms. The fraction of sp³-hybridized carbons (Fsp3) is 0.200. The Morgan fingerprint density at radius 1 is 1.00 bits per heavy atom. The molecule has 104 valence electrons. The monoisotopic (exact) mass is 289 g/mol. The Balaban J connectivity index is 1.92. The molecule has 3 rings (SSSR count). The second-order valence-electron chi connectivity index (χ2n) is 4.94. The lowest BCUT2D eigenvalue weighted by atomic mass is 10.1. The van der Waals surface area contributed by atoms with Crippen molar-refractivity contribution in [2.75, 3.05) is 4.72 Å². The number of rotatable bonds is 3. The Morgan fingerprint density at radius 2 is 1.80 bits per heavy atom. The Bertz CT molecular complexity index is 753. The summed E-state index contributed by atoms with van der Waals surface area (Å²) in [5.41, 5.74) is 2.70. The number of hydrogen-bond donors (Lipinski definition) is 2. The fourth-order valence-electron chi connectivity index (χ4n) is 2.50. The zero-order valence-corrected chi connectivity index (χ0v) is 11.7. The molecule has 4 nitrogen and oxygen atoms in total. The predicted molar refractivity (Wildman–Crippen MR) is 77.4 cm³/mol. The first-order valence-corrected chi connectivity index (χ1v) is 7.96. The summed E-state index contributed by atoms with van der Waals surface area (Å²) in [6.07, 6.45) is 3.04. The van der Waals surface area contributed by atoms with E-state index in [1.807, 2.05) is 6.07 Å². The minimum Gasteiger partial charge on any atom is -0.508 e. The smallest absolute Gasteiger partial charge is 0.261 e. The Kier molecular flexibility index (Phi) is 3.14. The van der Waals surface area contributed by atoms with Crippen LogP contribution < -0.4 is 4.72 Å². The van der Waals surface area contributed by atoms with Gasteiger partial charge in [-0.3, -0.25) is 4.72 Å². The molecule has 2 aromatic carbocycles. The normalized spacial score (nSPS) is 14.0. The fourth-order valence-corrected chi connectivity index (χ4v) is 3.60. The van der Waals surface area contributed by atoms with Gasteiger partial charge >= 0.3 is 0 Å². The summed E-state index contributed by atoms with van der Waals surface area (Å²) in [7, 11) is -3.61. The van der Waals surface area contributed by atoms with Crippen LogP contribution in [0, 0.1) is 0 Å². The maximum absolute atomic E-state index is 12.3. The van der Waals surface area contributed by atoms with Gasteiger partial charge < -0.3 is 5.11 Å². The average Bonchev–Trinajstić information content (AvgIpc) is 2.85. The van der Waals surface area contributed by atoms with Gasteiger partial charge in [-0.15, -0.1) is 0 Å². The van der Waals surface area contributed by atoms with Gasteiger partial charge in [-0.1, -0.05) is 12.1 Å². The van der Waals surface area contributed by atoms with Gasteiger partial charge in [0, 0.05) is 6.07 Å². The maximum Gasteiger partial charge on any atom is 0.261 e. The highest BCUT2D eigenvalue weighted by Crippen LogP contribution is 2.26. The molecule has 0 atom stereocenters. The number of anilines is 1. The van der Waals surface area contributed by atoms with Gasteiger partial charge in [0.2, 0.25) is 0 Å². The molecule has 0 aromatic heterocycles. The van der Waals surface area contributed by atoms with Crippen LogP contribution in [0.4, 0.5) is 5.69 Å². The number of hydrogen-bond acceptors (Lipinski definition) is 3. The number of aromatic hydroxyl groups is 1. The van der Waals surface area contributed by atoms with E-state index in [0.29, 0.717) is 5.69 Å². The minimum atomic E-state index is -3.61. The third-order valence-electron chi connectivity index (χ3n) is 3.48. The van der Waals surface area contributed by atoms with Crippen molar-refractivity contribution in [1.29, 1.82) is 0 Å². The van der Waals surface area contributed by atoms with Gasteiger partial charge in [-0.25, -0.2) is 8.42 Å². The average molecular weight is 289 g/mol. The van der Waals surface area contributed by atoms with Crippen molar-refractivity contribution in [2.45, 2.75) is 24.2 Å². The van der Waals surface area contributed by atoms with Gasteiger partial charge in [0.15, 0.2) is 0 Å². The highest BCUT2D eigenvalue weighted by Gasteiger charge is 2.18. The van der Waals surface area contributed by atoms with E-state index >= 15 is 0 Å². The van der Waals surface area contributed by atoms with E-state index in [0.717, 1.165) is 24.8 Å². The lowest BCUT2D eigenvalue weighted by Gasteiger charge is -2.09. The second-order valence-corrected chi connectivity index (χ2v) is 6.62. The summed E-state index contributed by atoms with van der Waals surface area (Å²) in [6.45, 7) is 0. The van der Waals surface area contributed by atoms with Crippen LogP contribution in [0.25, 0.3) is 0 Å². The number of phenols is 1. The van der Waals surface area contributed by atoms with Gasteiger partial charge in [-0.05, 0) is 54.7 Å². The van der Waals surface area contributed by atoms with E-state index in [2.05, 4.69) is 4.72 Å². The van der Waals surface area contributed by atoms with Crippen molar-refractivity contribution >= 4 is 15.7 Å². The van der Waals surface area contributed by atoms with Crippen molar-refractivity contribution < 1.29 is 13.5 Å². The van der Waals surface area contributed by atoms with Crippen LogP contribution in [0.15, 0.2) is 47.4 Å². The molecule has 0 radical (unpaired) electrons. The summed E-state index contributed by atoms with van der Waals surface area (Å²) >= 11 is 0. The number of aryl methyl sites for hydroxylation is 2. The molecule has 2 N–H and O–H groups in total. The molecular formula is C15H15NO3S. The van der Waals surface area contributed by atoms with Crippen LogP contribution >= 0.6 is 0 Å². The van der Waals surface area contributed by atoms with Crippen molar-refractivity contribution in [3.8, 4) is 5.75 Å². The van der Waals surface area contributed by atoms with E-state index in [1.54, 1.807) is 24.3 Å². The molecule has 1 aliphatic carbocycles. The van der Waals surface area contributed by atoms with Crippen LogP contribution in [0.3, 0.4) is 0 Å². The van der Waals surface area contributed by atoms with Gasteiger partial charge in [0.1, 0.15) is 5.75 Å². The van der Waals surface area contributed by atoms with E-state index in [-0.39, 0.29) is 10.6 Å². The molecule has 0 spiro atoms. The maximum atomic E-state index is 12.3. The lowest BCUT2D eigenvalue weighted by Crippen LogP contribution is -2.13. The van der Waals surface area contributed by atoms with Gasteiger partial charge in [0.25, 0.3) is 10.0 Å². The summed E-state index contributed by atoms with van der Waals surface area (Å²) in [4.78, 5) is 0.265. The number of fused-ring (bicyclic) bond motifs is 1. The Hall–Kier alpha value is -2.01. The number of benzene rings is 2. The molecular weight excluding hydrogens is 274 g/mol. The van der Waals surface area contributed by atoms with Crippen molar-refractivity contribution in [3.63, 3.8) is 0 Å². The SMILES string of the molecule is O=S(=O)(Nc1cccc(O)c1)c1ccc2c(c1)CCC2. The second kappa shape index (κ2) is 4.83. The Labute approximate surface area is 118 Å². The van der Waals surface area contributed by atoms with Crippen LogP contribution in [-0.4, -0.2) is 13.5 Å². The molecule has 0 saturated heterocycles. The molecule has 0 fully saturated rings. The summed E-state index contributed by atoms with van der Waals surface area (Å²) in [5, 5.41) is 9.37. The molecule has 0 heterocycles. The van der Waals surface area contributed by atoms with Crippen molar-refractivity contribution in [1.82, 2.24) is 0 Å². The molecule has 0 saturated carbocycles. The largest absolute Gasteiger partial charge is 0.508 e. The number of phenolic OH excluding ortho intramolecular Hbond substituents is 1. The molecule has 20 heavy (non-hydrogen) atoms. The molecule has 0 unspecified atom stereocenters. The molecule has 0 aliphatic heterocycles. The summed E-state index contributed by atoms with van der Waals surface area (Å²) < 4.78 is 27.1. The highest BCUT2D eigenvalue weighted by atomic mass is 32.2. The van der Waals surface area contributed by atoms with Crippen LogP contribution in [0.2, 0.25) is 0 Å². The first-order valence-electron chi connectivity index (χ1n) is 6.48. The van der Waals surface area contributed by atoms with Crippen molar-refractivity contribution in [2.24, 2.45) is 0 Å². The Morgan fingerprint density at radius 3 is 2.60 bits per heavy atom. The quantitative estimate of drug-likeness (QED) is 0.913. The van der Waals surface area contributed by atoms with E-state index in [1.165, 1.54) is 17.7 Å². The number of nitrogens with one attached hydrogen (secondary N) is 1. The van der Waals surface area contributed by atoms with Crippen LogP contribution in [0.1, 0.15) is 17.5 Å². The standard InChI is InChI=1S/C15H15NO3S/c17-14-6-2-5-13(10-14)16-20(18,19)15-8-7-11-3-1-4-12(11)9-15/h2,5-10,16-17H,1,3-4H2. The van der Waals surface area contributed by atoms with E-state index in [9.17, 15) is 13.5 Å². The molecule has 0 amide bonds. The zero-order chi connectivity index (χ0) is 14.2. The molecule has 1 aliphatic rings. The predicted octanol–water partition coefficient (Wildman–Crippen LogP) is 2.68. The highest BCUT2D eigenvalue weighted by molar-refractivity contribution is 7.92. The van der Waals surface area contributed by atoms with Crippen LogP contribution in [0.5, 0.6) is 5.75 Å². The van der Waals surface area contributed by atoms with Crippen molar-refractivity contribution in [3.05, 3.63) is 53.6 Å². The third kappa shape index (κ3) is 2.49. The lowest BCUT2D eigenvalue weighted by molar-refractivity contribution is 0.475. The first kappa shape index (κ1) is 13.0. The van der Waals surface area contributed by atoms with Gasteiger partial charge in [-0.2, -0.15) is 0 Å². The van der Waals surface area contributed by atoms with Crippen LogP contribution in [-0.2, 0) is 22.9 Å². The van der Waals surface area contributed by atoms with Gasteiger partial charge in [0.05, 0.1) is 10.6 Å².